The van der Waals surface area contributed by atoms with Gasteiger partial charge in [0, 0.05) is 18.7 Å². The van der Waals surface area contributed by atoms with E-state index in [9.17, 15) is 9.59 Å². The van der Waals surface area contributed by atoms with E-state index in [2.05, 4.69) is 15.2 Å². The molecule has 1 aromatic carbocycles. The third kappa shape index (κ3) is 3.75. The smallest absolute Gasteiger partial charge is 0.249 e. The first kappa shape index (κ1) is 20.9. The SMILES string of the molecule is CC[C@@H]1C(=O)N(C)c2cnc(Nc3ccc(C(N)=O)cc3OC)nc2N1C1CCCC1. The fraction of sp³-hybridized carbons (Fsp3) is 0.455. The van der Waals surface area contributed by atoms with Gasteiger partial charge in [0.1, 0.15) is 17.5 Å². The lowest BCUT2D eigenvalue weighted by Crippen LogP contribution is -2.55. The van der Waals surface area contributed by atoms with Crippen molar-refractivity contribution in [1.29, 1.82) is 0 Å². The molecule has 0 radical (unpaired) electrons. The standard InChI is InChI=1S/C22H28N6O3/c1-4-16-21(30)27(2)17-12-24-22(26-20(17)28(16)14-7-5-6-8-14)25-15-10-9-13(19(23)29)11-18(15)31-3/h9-12,14,16H,4-8H2,1-3H3,(H2,23,29)(H,24,25,26)/t16-/m1/s1. The maximum Gasteiger partial charge on any atom is 0.249 e. The minimum atomic E-state index is -0.527. The van der Waals surface area contributed by atoms with Gasteiger partial charge in [-0.3, -0.25) is 9.59 Å². The van der Waals surface area contributed by atoms with Gasteiger partial charge in [0.2, 0.25) is 17.8 Å². The molecule has 4 rings (SSSR count). The number of hydrogen-bond acceptors (Lipinski definition) is 7. The Hall–Kier alpha value is -3.36. The molecule has 0 unspecified atom stereocenters. The Labute approximate surface area is 181 Å². The van der Waals surface area contributed by atoms with Gasteiger partial charge in [-0.1, -0.05) is 19.8 Å². The average Bonchev–Trinajstić information content (AvgIpc) is 3.30. The summed E-state index contributed by atoms with van der Waals surface area (Å²) in [7, 11) is 3.30. The van der Waals surface area contributed by atoms with Gasteiger partial charge in [-0.25, -0.2) is 4.98 Å². The Morgan fingerprint density at radius 3 is 2.71 bits per heavy atom. The second-order valence-electron chi connectivity index (χ2n) is 7.97. The third-order valence-corrected chi connectivity index (χ3v) is 6.14. The molecule has 2 heterocycles. The van der Waals surface area contributed by atoms with Gasteiger partial charge in [-0.2, -0.15) is 4.98 Å². The van der Waals surface area contributed by atoms with Crippen molar-refractivity contribution in [3.8, 4) is 5.75 Å². The molecule has 9 heteroatoms. The molecule has 0 saturated heterocycles. The molecule has 0 spiro atoms. The number of anilines is 4. The van der Waals surface area contributed by atoms with Crippen molar-refractivity contribution in [2.45, 2.75) is 51.1 Å². The maximum absolute atomic E-state index is 13.0. The second-order valence-corrected chi connectivity index (χ2v) is 7.97. The highest BCUT2D eigenvalue weighted by molar-refractivity contribution is 6.04. The highest BCUT2D eigenvalue weighted by atomic mass is 16.5. The fourth-order valence-electron chi connectivity index (χ4n) is 4.51. The van der Waals surface area contributed by atoms with Crippen LogP contribution in [0, 0.1) is 0 Å². The summed E-state index contributed by atoms with van der Waals surface area (Å²) < 4.78 is 5.40. The Morgan fingerprint density at radius 1 is 1.32 bits per heavy atom. The van der Waals surface area contributed by atoms with Crippen LogP contribution in [-0.4, -0.2) is 48.0 Å². The monoisotopic (exact) mass is 424 g/mol. The molecule has 2 aliphatic rings. The number of likely N-dealkylation sites (N-methyl/N-ethyl adjacent to an activating group) is 1. The number of nitrogens with zero attached hydrogens (tertiary/aromatic N) is 4. The van der Waals surface area contributed by atoms with Gasteiger partial charge >= 0.3 is 0 Å². The van der Waals surface area contributed by atoms with Crippen LogP contribution in [0.4, 0.5) is 23.1 Å². The Morgan fingerprint density at radius 2 is 2.06 bits per heavy atom. The highest BCUT2D eigenvalue weighted by Gasteiger charge is 2.41. The van der Waals surface area contributed by atoms with Gasteiger partial charge in [0.05, 0.1) is 19.0 Å². The molecule has 1 aliphatic heterocycles. The van der Waals surface area contributed by atoms with Crippen LogP contribution in [0.15, 0.2) is 24.4 Å². The van der Waals surface area contributed by atoms with E-state index < -0.39 is 5.91 Å². The molecule has 9 nitrogen and oxygen atoms in total. The average molecular weight is 425 g/mol. The summed E-state index contributed by atoms with van der Waals surface area (Å²) in [6.45, 7) is 2.04. The predicted molar refractivity (Wildman–Crippen MR) is 119 cm³/mol. The lowest BCUT2D eigenvalue weighted by atomic mass is 10.0. The zero-order valence-electron chi connectivity index (χ0n) is 18.1. The Balaban J connectivity index is 1.72. The van der Waals surface area contributed by atoms with Crippen LogP contribution in [0.5, 0.6) is 5.75 Å². The van der Waals surface area contributed by atoms with Crippen molar-refractivity contribution >= 4 is 35.0 Å². The minimum Gasteiger partial charge on any atom is -0.495 e. The van der Waals surface area contributed by atoms with E-state index in [1.807, 2.05) is 6.92 Å². The molecular weight excluding hydrogens is 396 g/mol. The summed E-state index contributed by atoms with van der Waals surface area (Å²) in [5.41, 5.74) is 7.05. The third-order valence-electron chi connectivity index (χ3n) is 6.14. The van der Waals surface area contributed by atoms with Gasteiger partial charge in [0.15, 0.2) is 5.82 Å². The van der Waals surface area contributed by atoms with Gasteiger partial charge in [0.25, 0.3) is 0 Å². The van der Waals surface area contributed by atoms with Gasteiger partial charge in [-0.05, 0) is 37.5 Å². The highest BCUT2D eigenvalue weighted by Crippen LogP contribution is 2.40. The number of ether oxygens (including phenoxy) is 1. The van der Waals surface area contributed by atoms with E-state index in [1.54, 1.807) is 36.3 Å². The number of carbonyl (C=O) groups is 2. The number of primary amides is 1. The number of amides is 2. The van der Waals surface area contributed by atoms with Crippen molar-refractivity contribution in [2.24, 2.45) is 5.73 Å². The van der Waals surface area contributed by atoms with Crippen LogP contribution < -0.4 is 25.6 Å². The number of carbonyl (C=O) groups excluding carboxylic acids is 2. The van der Waals surface area contributed by atoms with Crippen LogP contribution >= 0.6 is 0 Å². The molecule has 0 bridgehead atoms. The summed E-state index contributed by atoms with van der Waals surface area (Å²) in [5, 5.41) is 3.18. The summed E-state index contributed by atoms with van der Waals surface area (Å²) in [6.07, 6.45) is 6.84. The molecule has 31 heavy (non-hydrogen) atoms. The van der Waals surface area contributed by atoms with Gasteiger partial charge in [-0.15, -0.1) is 0 Å². The zero-order chi connectivity index (χ0) is 22.1. The molecule has 1 aromatic heterocycles. The van der Waals surface area contributed by atoms with E-state index in [-0.39, 0.29) is 11.9 Å². The van der Waals surface area contributed by atoms with E-state index in [0.717, 1.165) is 31.5 Å². The van der Waals surface area contributed by atoms with E-state index >= 15 is 0 Å². The van der Waals surface area contributed by atoms with E-state index in [1.165, 1.54) is 7.11 Å². The molecule has 1 atom stereocenters. The minimum absolute atomic E-state index is 0.0786. The first-order valence-corrected chi connectivity index (χ1v) is 10.6. The number of hydrogen-bond donors (Lipinski definition) is 2. The fourth-order valence-corrected chi connectivity index (χ4v) is 4.51. The molecular formula is C22H28N6O3. The predicted octanol–water partition coefficient (Wildman–Crippen LogP) is 2.83. The number of methoxy groups -OCH3 is 1. The topological polar surface area (TPSA) is 114 Å². The van der Waals surface area contributed by atoms with Crippen LogP contribution in [0.1, 0.15) is 49.4 Å². The van der Waals surface area contributed by atoms with Crippen molar-refractivity contribution in [2.75, 3.05) is 29.3 Å². The summed E-state index contributed by atoms with van der Waals surface area (Å²) in [4.78, 5) is 37.5. The normalized spacial score (nSPS) is 18.8. The van der Waals surface area contributed by atoms with Crippen molar-refractivity contribution in [3.63, 3.8) is 0 Å². The quantitative estimate of drug-likeness (QED) is 0.733. The van der Waals surface area contributed by atoms with Crippen LogP contribution in [0.2, 0.25) is 0 Å². The summed E-state index contributed by atoms with van der Waals surface area (Å²) >= 11 is 0. The van der Waals surface area contributed by atoms with Crippen LogP contribution in [0.3, 0.4) is 0 Å². The maximum atomic E-state index is 13.0. The second kappa shape index (κ2) is 8.41. The van der Waals surface area contributed by atoms with Crippen LogP contribution in [-0.2, 0) is 4.79 Å². The first-order chi connectivity index (χ1) is 14.9. The van der Waals surface area contributed by atoms with Crippen molar-refractivity contribution < 1.29 is 14.3 Å². The number of benzene rings is 1. The van der Waals surface area contributed by atoms with Gasteiger partial charge < -0.3 is 25.6 Å². The molecule has 1 fully saturated rings. The van der Waals surface area contributed by atoms with Crippen molar-refractivity contribution in [3.05, 3.63) is 30.0 Å². The Bertz CT molecular complexity index is 1000. The summed E-state index contributed by atoms with van der Waals surface area (Å²) in [6, 6.07) is 4.98. The number of rotatable bonds is 6. The Kier molecular flexibility index (Phi) is 5.67. The van der Waals surface area contributed by atoms with Crippen LogP contribution in [0.25, 0.3) is 0 Å². The molecule has 2 amide bonds. The molecule has 164 valence electrons. The molecule has 1 aliphatic carbocycles. The first-order valence-electron chi connectivity index (χ1n) is 10.6. The van der Waals surface area contributed by atoms with E-state index in [0.29, 0.717) is 41.1 Å². The number of fused-ring (bicyclic) bond motifs is 1. The van der Waals surface area contributed by atoms with E-state index in [4.69, 9.17) is 15.5 Å². The lowest BCUT2D eigenvalue weighted by Gasteiger charge is -2.43. The summed E-state index contributed by atoms with van der Waals surface area (Å²) in [5.74, 6) is 1.18. The zero-order valence-corrected chi connectivity index (χ0v) is 18.1. The van der Waals surface area contributed by atoms with Crippen molar-refractivity contribution in [1.82, 2.24) is 9.97 Å². The number of aromatic nitrogens is 2. The molecule has 2 aromatic rings. The lowest BCUT2D eigenvalue weighted by molar-refractivity contribution is -0.120. The number of nitrogens with one attached hydrogen (secondary N) is 1. The number of nitrogens with two attached hydrogens (primary N) is 1. The largest absolute Gasteiger partial charge is 0.495 e. The molecule has 1 saturated carbocycles. The molecule has 3 N–H and O–H groups in total.